The van der Waals surface area contributed by atoms with Crippen LogP contribution in [-0.2, 0) is 42.9 Å². The van der Waals surface area contributed by atoms with Crippen LogP contribution in [0.1, 0.15) is 20.1 Å². The number of fused-ring (bicyclic) bond motifs is 1. The number of nitrogens with one attached hydrogen (secondary N) is 3. The van der Waals surface area contributed by atoms with Crippen LogP contribution in [0.5, 0.6) is 0 Å². The van der Waals surface area contributed by atoms with E-state index in [2.05, 4.69) is 32.2 Å². The quantitative estimate of drug-likeness (QED) is 0.110. The molecule has 2 amide bonds. The Morgan fingerprint density at radius 2 is 1.70 bits per heavy atom. The summed E-state index contributed by atoms with van der Waals surface area (Å²) >= 11 is 0. The summed E-state index contributed by atoms with van der Waals surface area (Å²) in [5.41, 5.74) is 4.99. The molecule has 3 heterocycles. The van der Waals surface area contributed by atoms with E-state index in [1.165, 1.54) is 10.9 Å². The molecular formula is C23H31N7O10. The molecule has 1 aliphatic rings. The Morgan fingerprint density at radius 3 is 2.33 bits per heavy atom. The van der Waals surface area contributed by atoms with Crippen LogP contribution in [0.15, 0.2) is 23.8 Å². The number of carbonyl (C=O) groups is 4. The number of nitrogens with two attached hydrogens (primary N) is 1. The highest BCUT2D eigenvalue weighted by Gasteiger charge is 2.53. The third kappa shape index (κ3) is 7.84. The molecule has 17 heteroatoms. The van der Waals surface area contributed by atoms with E-state index >= 15 is 0 Å². The number of amides is 2. The van der Waals surface area contributed by atoms with Crippen molar-refractivity contribution in [2.75, 3.05) is 45.3 Å². The van der Waals surface area contributed by atoms with Crippen molar-refractivity contribution in [2.24, 2.45) is 0 Å². The Kier molecular flexibility index (Phi) is 10.7. The highest BCUT2D eigenvalue weighted by Crippen LogP contribution is 2.35. The van der Waals surface area contributed by atoms with Gasteiger partial charge in [-0.3, -0.25) is 33.5 Å². The minimum Gasteiger partial charge on any atom is -0.455 e. The zero-order chi connectivity index (χ0) is 29.2. The van der Waals surface area contributed by atoms with Gasteiger partial charge in [-0.2, -0.15) is 4.98 Å². The Morgan fingerprint density at radius 1 is 1.07 bits per heavy atom. The van der Waals surface area contributed by atoms with Gasteiger partial charge in [0.2, 0.25) is 11.9 Å². The number of nitrogen functional groups attached to an aromatic ring is 1. The first-order valence-electron chi connectivity index (χ1n) is 12.2. The molecule has 1 aliphatic heterocycles. The lowest BCUT2D eigenvalue weighted by molar-refractivity contribution is -0.166. The molecule has 17 nitrogen and oxygen atoms in total. The van der Waals surface area contributed by atoms with Gasteiger partial charge in [0.05, 0.1) is 32.8 Å². The third-order valence-electron chi connectivity index (χ3n) is 5.43. The topological polar surface area (TPSA) is 228 Å². The zero-order valence-corrected chi connectivity index (χ0v) is 21.9. The van der Waals surface area contributed by atoms with Crippen molar-refractivity contribution >= 4 is 40.9 Å². The van der Waals surface area contributed by atoms with Gasteiger partial charge >= 0.3 is 11.9 Å². The first kappa shape index (κ1) is 30.2. The van der Waals surface area contributed by atoms with E-state index in [9.17, 15) is 24.0 Å². The standard InChI is InChI=1S/C23H31N7O10/c1-4-14(33)25-5-7-36-9-10-37-8-6-26-21(35)17-16(38-12(2)31)18(39-13(3)32)22(40-17)30-11-27-15-19(30)28-23(24)29-20(15)34/h4,11,16-18,22H,1,5-10H2,2-3H3,(H,25,33)(H,26,35)(H3,24,28,29,34)/t16-,17+,18-,22-/m1/s1. The summed E-state index contributed by atoms with van der Waals surface area (Å²) in [6.07, 6.45) is -2.90. The lowest BCUT2D eigenvalue weighted by Crippen LogP contribution is -2.46. The summed E-state index contributed by atoms with van der Waals surface area (Å²) in [6.45, 7) is 6.95. The lowest BCUT2D eigenvalue weighted by atomic mass is 10.1. The molecular weight excluding hydrogens is 534 g/mol. The molecule has 0 spiro atoms. The largest absolute Gasteiger partial charge is 0.455 e. The summed E-state index contributed by atoms with van der Waals surface area (Å²) in [6, 6.07) is 0. The molecule has 5 N–H and O–H groups in total. The summed E-state index contributed by atoms with van der Waals surface area (Å²) in [4.78, 5) is 70.5. The van der Waals surface area contributed by atoms with Crippen molar-refractivity contribution in [3.63, 3.8) is 0 Å². The van der Waals surface area contributed by atoms with E-state index in [4.69, 9.17) is 29.4 Å². The van der Waals surface area contributed by atoms with Gasteiger partial charge in [-0.15, -0.1) is 0 Å². The van der Waals surface area contributed by atoms with Crippen molar-refractivity contribution in [3.8, 4) is 0 Å². The van der Waals surface area contributed by atoms with Gasteiger partial charge in [-0.25, -0.2) is 4.98 Å². The SMILES string of the molecule is C=CC(=O)NCCOCCOCCNC(=O)[C@H]1O[C@@H](n2cnc3c(=O)[nH]c(N)nc32)[C@H](OC(C)=O)[C@@H]1OC(C)=O. The van der Waals surface area contributed by atoms with Crippen molar-refractivity contribution in [2.45, 2.75) is 38.4 Å². The Bertz CT molecular complexity index is 1290. The van der Waals surface area contributed by atoms with Crippen LogP contribution in [0.4, 0.5) is 5.95 Å². The van der Waals surface area contributed by atoms with Crippen LogP contribution in [0, 0.1) is 0 Å². The number of imidazole rings is 1. The maximum absolute atomic E-state index is 13.0. The highest BCUT2D eigenvalue weighted by atomic mass is 16.6. The van der Waals surface area contributed by atoms with E-state index in [1.54, 1.807) is 0 Å². The van der Waals surface area contributed by atoms with Gasteiger partial charge in [-0.1, -0.05) is 6.58 Å². The summed E-state index contributed by atoms with van der Waals surface area (Å²) in [5, 5.41) is 5.19. The van der Waals surface area contributed by atoms with Gasteiger partial charge in [0.15, 0.2) is 35.7 Å². The Labute approximate surface area is 227 Å². The fraction of sp³-hybridized carbons (Fsp3) is 0.522. The molecule has 1 fully saturated rings. The molecule has 0 bridgehead atoms. The highest BCUT2D eigenvalue weighted by molar-refractivity contribution is 5.86. The fourth-order valence-electron chi connectivity index (χ4n) is 3.83. The number of rotatable bonds is 14. The molecule has 0 unspecified atom stereocenters. The molecule has 2 aromatic rings. The smallest absolute Gasteiger partial charge is 0.303 e. The second-order valence-corrected chi connectivity index (χ2v) is 8.38. The molecule has 1 saturated heterocycles. The average molecular weight is 566 g/mol. The maximum atomic E-state index is 13.0. The van der Waals surface area contributed by atoms with Crippen molar-refractivity contribution in [3.05, 3.63) is 29.3 Å². The minimum atomic E-state index is -1.40. The van der Waals surface area contributed by atoms with Crippen LogP contribution in [0.2, 0.25) is 0 Å². The molecule has 0 aliphatic carbocycles. The Hall–Kier alpha value is -4.35. The molecule has 0 radical (unpaired) electrons. The van der Waals surface area contributed by atoms with E-state index in [1.807, 2.05) is 0 Å². The molecule has 0 aromatic carbocycles. The summed E-state index contributed by atoms with van der Waals surface area (Å²) in [7, 11) is 0. The zero-order valence-electron chi connectivity index (χ0n) is 21.9. The van der Waals surface area contributed by atoms with Gasteiger partial charge < -0.3 is 40.1 Å². The molecule has 2 aromatic heterocycles. The third-order valence-corrected chi connectivity index (χ3v) is 5.43. The summed E-state index contributed by atoms with van der Waals surface area (Å²) < 4.78 is 28.6. The number of aromatic nitrogens is 4. The number of carbonyl (C=O) groups excluding carboxylic acids is 4. The molecule has 0 saturated carbocycles. The van der Waals surface area contributed by atoms with E-state index < -0.39 is 47.9 Å². The molecule has 40 heavy (non-hydrogen) atoms. The maximum Gasteiger partial charge on any atom is 0.303 e. The lowest BCUT2D eigenvalue weighted by Gasteiger charge is -2.23. The van der Waals surface area contributed by atoms with Crippen LogP contribution in [0.25, 0.3) is 11.2 Å². The second kappa shape index (κ2) is 14.2. The van der Waals surface area contributed by atoms with Gasteiger partial charge in [-0.05, 0) is 6.08 Å². The van der Waals surface area contributed by atoms with Crippen LogP contribution in [0.3, 0.4) is 0 Å². The number of hydrogen-bond donors (Lipinski definition) is 4. The molecule has 218 valence electrons. The van der Waals surface area contributed by atoms with Gasteiger partial charge in [0.25, 0.3) is 11.5 Å². The molecule has 4 atom stereocenters. The second-order valence-electron chi connectivity index (χ2n) is 8.38. The number of esters is 2. The van der Waals surface area contributed by atoms with Crippen LogP contribution in [-0.4, -0.2) is 101 Å². The predicted octanol–water partition coefficient (Wildman–Crippen LogP) is -2.09. The Balaban J connectivity index is 1.62. The van der Waals surface area contributed by atoms with E-state index in [0.717, 1.165) is 19.9 Å². The number of hydrogen-bond acceptors (Lipinski definition) is 13. The average Bonchev–Trinajstić information content (AvgIpc) is 3.45. The fourth-order valence-corrected chi connectivity index (χ4v) is 3.83. The van der Waals surface area contributed by atoms with Crippen molar-refractivity contribution in [1.82, 2.24) is 30.2 Å². The van der Waals surface area contributed by atoms with E-state index in [-0.39, 0.29) is 49.4 Å². The number of anilines is 1. The van der Waals surface area contributed by atoms with Crippen LogP contribution >= 0.6 is 0 Å². The number of ether oxygens (including phenoxy) is 5. The van der Waals surface area contributed by atoms with Gasteiger partial charge in [0, 0.05) is 26.9 Å². The predicted molar refractivity (Wildman–Crippen MR) is 135 cm³/mol. The normalized spacial score (nSPS) is 20.1. The summed E-state index contributed by atoms with van der Waals surface area (Å²) in [5.74, 6) is -2.63. The van der Waals surface area contributed by atoms with Gasteiger partial charge in [0.1, 0.15) is 0 Å². The van der Waals surface area contributed by atoms with Crippen molar-refractivity contribution in [1.29, 1.82) is 0 Å². The van der Waals surface area contributed by atoms with Crippen LogP contribution < -0.4 is 21.9 Å². The molecule has 3 rings (SSSR count). The first-order chi connectivity index (χ1) is 19.1. The number of aromatic amines is 1. The van der Waals surface area contributed by atoms with Crippen molar-refractivity contribution < 1.29 is 42.9 Å². The number of nitrogens with zero attached hydrogens (tertiary/aromatic N) is 3. The van der Waals surface area contributed by atoms with E-state index in [0.29, 0.717) is 13.2 Å². The number of H-pyrrole nitrogens is 1. The monoisotopic (exact) mass is 565 g/mol. The first-order valence-corrected chi connectivity index (χ1v) is 12.2. The minimum absolute atomic E-state index is 0.00439.